The van der Waals surface area contributed by atoms with E-state index < -0.39 is 0 Å². The maximum atomic E-state index is 5.55. The summed E-state index contributed by atoms with van der Waals surface area (Å²) in [7, 11) is 0. The van der Waals surface area contributed by atoms with Gasteiger partial charge in [0.25, 0.3) is 0 Å². The molecule has 3 nitrogen and oxygen atoms in total. The van der Waals surface area contributed by atoms with Crippen LogP contribution in [0.15, 0.2) is 17.6 Å². The number of nitrogens with zero attached hydrogens (tertiary/aromatic N) is 2. The van der Waals surface area contributed by atoms with E-state index in [1.807, 2.05) is 6.20 Å². The molecule has 5 heteroatoms. The Morgan fingerprint density at radius 2 is 2.57 bits per heavy atom. The van der Waals surface area contributed by atoms with Crippen LogP contribution in [0.2, 0.25) is 0 Å². The van der Waals surface area contributed by atoms with Gasteiger partial charge in [-0.05, 0) is 35.4 Å². The van der Waals surface area contributed by atoms with E-state index in [2.05, 4.69) is 32.6 Å². The molecule has 1 saturated heterocycles. The van der Waals surface area contributed by atoms with Gasteiger partial charge in [-0.25, -0.2) is 9.97 Å². The highest BCUT2D eigenvalue weighted by Gasteiger charge is 2.16. The van der Waals surface area contributed by atoms with Crippen molar-refractivity contribution >= 4 is 34.4 Å². The Labute approximate surface area is 101 Å². The largest absolute Gasteiger partial charge is 0.377 e. The van der Waals surface area contributed by atoms with Crippen LogP contribution in [0.5, 0.6) is 0 Å². The third-order valence-electron chi connectivity index (χ3n) is 2.06. The highest BCUT2D eigenvalue weighted by atomic mass is 127. The average molecular weight is 322 g/mol. The van der Waals surface area contributed by atoms with Crippen LogP contribution in [-0.4, -0.2) is 28.4 Å². The van der Waals surface area contributed by atoms with E-state index in [4.69, 9.17) is 4.74 Å². The quantitative estimate of drug-likeness (QED) is 0.486. The molecule has 1 aliphatic heterocycles. The van der Waals surface area contributed by atoms with Gasteiger partial charge in [0.2, 0.25) is 0 Å². The Kier molecular flexibility index (Phi) is 4.00. The predicted molar refractivity (Wildman–Crippen MR) is 64.4 cm³/mol. The molecule has 2 heterocycles. The van der Waals surface area contributed by atoms with Crippen LogP contribution in [0, 0.1) is 3.57 Å². The number of thioether (sulfide) groups is 1. The van der Waals surface area contributed by atoms with Gasteiger partial charge in [0, 0.05) is 18.6 Å². The number of aromatic nitrogens is 2. The van der Waals surface area contributed by atoms with Crippen molar-refractivity contribution in [1.29, 1.82) is 0 Å². The molecule has 1 aromatic heterocycles. The molecule has 0 aromatic carbocycles. The van der Waals surface area contributed by atoms with Crippen molar-refractivity contribution in [3.05, 3.63) is 16.1 Å². The number of halogens is 1. The van der Waals surface area contributed by atoms with Crippen LogP contribution in [0.25, 0.3) is 0 Å². The average Bonchev–Trinajstić information content (AvgIpc) is 2.69. The number of hydrogen-bond acceptors (Lipinski definition) is 4. The number of ether oxygens (including phenoxy) is 1. The summed E-state index contributed by atoms with van der Waals surface area (Å²) in [6.45, 7) is 0.923. The summed E-state index contributed by atoms with van der Waals surface area (Å²) in [4.78, 5) is 8.19. The normalized spacial score (nSPS) is 21.4. The minimum atomic E-state index is 0.422. The van der Waals surface area contributed by atoms with Crippen LogP contribution < -0.4 is 0 Å². The summed E-state index contributed by atoms with van der Waals surface area (Å²) in [5.74, 6) is 1.01. The molecule has 1 aliphatic rings. The van der Waals surface area contributed by atoms with Gasteiger partial charge < -0.3 is 4.74 Å². The van der Waals surface area contributed by atoms with Crippen molar-refractivity contribution in [3.63, 3.8) is 0 Å². The predicted octanol–water partition coefficient (Wildman–Crippen LogP) is 2.35. The number of rotatable bonds is 3. The van der Waals surface area contributed by atoms with Gasteiger partial charge >= 0.3 is 0 Å². The van der Waals surface area contributed by atoms with Gasteiger partial charge in [-0.2, -0.15) is 0 Å². The molecular formula is C9H11IN2OS. The van der Waals surface area contributed by atoms with Crippen molar-refractivity contribution in [2.45, 2.75) is 24.0 Å². The molecule has 0 aliphatic carbocycles. The van der Waals surface area contributed by atoms with E-state index in [-0.39, 0.29) is 0 Å². The molecule has 1 fully saturated rings. The zero-order valence-corrected chi connectivity index (χ0v) is 10.6. The summed E-state index contributed by atoms with van der Waals surface area (Å²) < 4.78 is 6.67. The Morgan fingerprint density at radius 1 is 1.64 bits per heavy atom. The monoisotopic (exact) mass is 322 g/mol. The molecule has 1 aromatic rings. The Balaban J connectivity index is 1.88. The van der Waals surface area contributed by atoms with Crippen molar-refractivity contribution < 1.29 is 4.74 Å². The van der Waals surface area contributed by atoms with Gasteiger partial charge in [-0.3, -0.25) is 0 Å². The van der Waals surface area contributed by atoms with Crippen molar-refractivity contribution in [1.82, 2.24) is 9.97 Å². The molecule has 14 heavy (non-hydrogen) atoms. The highest BCUT2D eigenvalue weighted by molar-refractivity contribution is 14.1. The second-order valence-corrected chi connectivity index (χ2v) is 5.29. The minimum Gasteiger partial charge on any atom is -0.377 e. The van der Waals surface area contributed by atoms with Crippen LogP contribution in [-0.2, 0) is 4.74 Å². The fourth-order valence-electron chi connectivity index (χ4n) is 1.36. The Morgan fingerprint density at radius 3 is 3.29 bits per heavy atom. The third kappa shape index (κ3) is 2.80. The molecule has 1 unspecified atom stereocenters. The van der Waals surface area contributed by atoms with Gasteiger partial charge in [0.1, 0.15) is 11.4 Å². The lowest BCUT2D eigenvalue weighted by Crippen LogP contribution is -2.08. The van der Waals surface area contributed by atoms with Gasteiger partial charge in [0.15, 0.2) is 0 Å². The zero-order valence-electron chi connectivity index (χ0n) is 7.65. The molecule has 0 saturated carbocycles. The van der Waals surface area contributed by atoms with Crippen molar-refractivity contribution in [2.75, 3.05) is 12.4 Å². The van der Waals surface area contributed by atoms with Crippen molar-refractivity contribution in [3.8, 4) is 0 Å². The van der Waals surface area contributed by atoms with E-state index >= 15 is 0 Å². The van der Waals surface area contributed by atoms with E-state index in [9.17, 15) is 0 Å². The first kappa shape index (κ1) is 10.6. The van der Waals surface area contributed by atoms with E-state index in [1.165, 1.54) is 12.8 Å². The Bertz CT molecular complexity index is 305. The van der Waals surface area contributed by atoms with Crippen LogP contribution >= 0.6 is 34.4 Å². The maximum absolute atomic E-state index is 5.55. The first-order valence-electron chi connectivity index (χ1n) is 4.56. The zero-order chi connectivity index (χ0) is 9.80. The van der Waals surface area contributed by atoms with Gasteiger partial charge in [-0.15, -0.1) is 11.8 Å². The second-order valence-electron chi connectivity index (χ2n) is 3.12. The molecule has 0 N–H and O–H groups in total. The van der Waals surface area contributed by atoms with Crippen LogP contribution in [0.1, 0.15) is 12.8 Å². The molecule has 1 atom stereocenters. The lowest BCUT2D eigenvalue weighted by atomic mass is 10.3. The lowest BCUT2D eigenvalue weighted by Gasteiger charge is -2.08. The van der Waals surface area contributed by atoms with Crippen LogP contribution in [0.4, 0.5) is 0 Å². The smallest absolute Gasteiger partial charge is 0.116 e. The number of hydrogen-bond donors (Lipinski definition) is 0. The summed E-state index contributed by atoms with van der Waals surface area (Å²) in [6.07, 6.45) is 6.25. The standard InChI is InChI=1S/C9H11IN2OS/c10-8-4-11-6-12-9(8)14-5-7-2-1-3-13-7/h4,6-7H,1-3,5H2. The molecule has 0 spiro atoms. The molecule has 0 bridgehead atoms. The van der Waals surface area contributed by atoms with Crippen molar-refractivity contribution in [2.24, 2.45) is 0 Å². The molecule has 76 valence electrons. The third-order valence-corrected chi connectivity index (χ3v) is 4.36. The van der Waals surface area contributed by atoms with Crippen LogP contribution in [0.3, 0.4) is 0 Å². The maximum Gasteiger partial charge on any atom is 0.116 e. The first-order chi connectivity index (χ1) is 6.86. The summed E-state index contributed by atoms with van der Waals surface area (Å²) in [6, 6.07) is 0. The topological polar surface area (TPSA) is 35.0 Å². The molecule has 0 radical (unpaired) electrons. The van der Waals surface area contributed by atoms with Gasteiger partial charge in [-0.1, -0.05) is 0 Å². The summed E-state index contributed by atoms with van der Waals surface area (Å²) in [5.41, 5.74) is 0. The highest BCUT2D eigenvalue weighted by Crippen LogP contribution is 2.24. The summed E-state index contributed by atoms with van der Waals surface area (Å²) in [5, 5.41) is 1.07. The fourth-order valence-corrected chi connectivity index (χ4v) is 3.04. The SMILES string of the molecule is Ic1cncnc1SCC1CCCO1. The van der Waals surface area contributed by atoms with E-state index in [0.717, 1.165) is 21.0 Å². The molecule has 2 rings (SSSR count). The molecular weight excluding hydrogens is 311 g/mol. The van der Waals surface area contributed by atoms with E-state index in [1.54, 1.807) is 18.1 Å². The first-order valence-corrected chi connectivity index (χ1v) is 6.62. The lowest BCUT2D eigenvalue weighted by molar-refractivity contribution is 0.129. The van der Waals surface area contributed by atoms with Gasteiger partial charge in [0.05, 0.1) is 9.67 Å². The molecule has 0 amide bonds. The van der Waals surface area contributed by atoms with E-state index in [0.29, 0.717) is 6.10 Å². The minimum absolute atomic E-state index is 0.422. The Hall–Kier alpha value is 0.120. The summed E-state index contributed by atoms with van der Waals surface area (Å²) >= 11 is 4.02. The fraction of sp³-hybridized carbons (Fsp3) is 0.556. The second kappa shape index (κ2) is 5.27.